The van der Waals surface area contributed by atoms with Crippen LogP contribution in [0.2, 0.25) is 0 Å². The largest absolute Gasteiger partial charge is 0.379 e. The second-order valence-corrected chi connectivity index (χ2v) is 4.38. The van der Waals surface area contributed by atoms with Crippen molar-refractivity contribution in [2.24, 2.45) is 0 Å². The van der Waals surface area contributed by atoms with Crippen molar-refractivity contribution in [1.29, 1.82) is 0 Å². The number of thiazole rings is 1. The van der Waals surface area contributed by atoms with E-state index in [0.29, 0.717) is 17.2 Å². The molecule has 0 fully saturated rings. The highest BCUT2D eigenvalue weighted by Gasteiger charge is 2.12. The fourth-order valence-corrected chi connectivity index (χ4v) is 2.18. The van der Waals surface area contributed by atoms with Crippen molar-refractivity contribution in [2.45, 2.75) is 6.61 Å². The molecule has 1 aromatic heterocycles. The van der Waals surface area contributed by atoms with Crippen molar-refractivity contribution < 1.29 is 9.53 Å². The highest BCUT2D eigenvalue weighted by Crippen LogP contribution is 2.17. The molecule has 0 bridgehead atoms. The Balaban J connectivity index is 2.21. The van der Waals surface area contributed by atoms with Crippen LogP contribution >= 0.6 is 11.3 Å². The second-order valence-electron chi connectivity index (χ2n) is 3.26. The van der Waals surface area contributed by atoms with Gasteiger partial charge in [0.15, 0.2) is 5.01 Å². The van der Waals surface area contributed by atoms with Gasteiger partial charge < -0.3 is 4.74 Å². The maximum absolute atomic E-state index is 12.0. The predicted octanol–water partition coefficient (Wildman–Crippen LogP) is 2.52. The first-order chi connectivity index (χ1) is 7.81. The molecule has 0 saturated heterocycles. The third-order valence-electron chi connectivity index (χ3n) is 2.07. The van der Waals surface area contributed by atoms with Gasteiger partial charge in [0, 0.05) is 18.9 Å². The Bertz CT molecular complexity index is 479. The molecule has 0 spiro atoms. The molecule has 0 aliphatic heterocycles. The normalized spacial score (nSPS) is 10.3. The van der Waals surface area contributed by atoms with Gasteiger partial charge in [0.2, 0.25) is 5.78 Å². The SMILES string of the molecule is COCc1cnc(C(=O)c2ccccc2)s1. The summed E-state index contributed by atoms with van der Waals surface area (Å²) in [6.07, 6.45) is 1.68. The number of methoxy groups -OCH3 is 1. The molecule has 1 heterocycles. The smallest absolute Gasteiger partial charge is 0.221 e. The molecule has 82 valence electrons. The highest BCUT2D eigenvalue weighted by molar-refractivity contribution is 7.13. The van der Waals surface area contributed by atoms with Crippen molar-refractivity contribution in [3.8, 4) is 0 Å². The topological polar surface area (TPSA) is 39.2 Å². The van der Waals surface area contributed by atoms with Crippen LogP contribution in [0.25, 0.3) is 0 Å². The van der Waals surface area contributed by atoms with Gasteiger partial charge in [-0.1, -0.05) is 30.3 Å². The number of rotatable bonds is 4. The van der Waals surface area contributed by atoms with E-state index in [0.717, 1.165) is 4.88 Å². The van der Waals surface area contributed by atoms with Gasteiger partial charge in [-0.2, -0.15) is 0 Å². The number of benzene rings is 1. The van der Waals surface area contributed by atoms with E-state index in [1.165, 1.54) is 11.3 Å². The molecule has 2 aromatic rings. The first kappa shape index (κ1) is 11.0. The summed E-state index contributed by atoms with van der Waals surface area (Å²) < 4.78 is 4.99. The van der Waals surface area contributed by atoms with Crippen molar-refractivity contribution in [1.82, 2.24) is 4.98 Å². The predicted molar refractivity (Wildman–Crippen MR) is 62.7 cm³/mol. The minimum Gasteiger partial charge on any atom is -0.379 e. The molecular weight excluding hydrogens is 222 g/mol. The van der Waals surface area contributed by atoms with Gasteiger partial charge in [0.25, 0.3) is 0 Å². The van der Waals surface area contributed by atoms with E-state index >= 15 is 0 Å². The van der Waals surface area contributed by atoms with Crippen molar-refractivity contribution >= 4 is 17.1 Å². The molecule has 3 nitrogen and oxygen atoms in total. The minimum atomic E-state index is -0.0343. The zero-order valence-electron chi connectivity index (χ0n) is 8.84. The van der Waals surface area contributed by atoms with Crippen LogP contribution in [0.4, 0.5) is 0 Å². The van der Waals surface area contributed by atoms with E-state index < -0.39 is 0 Å². The van der Waals surface area contributed by atoms with E-state index in [9.17, 15) is 4.79 Å². The summed E-state index contributed by atoms with van der Waals surface area (Å²) in [6.45, 7) is 0.500. The van der Waals surface area contributed by atoms with Crippen LogP contribution in [-0.2, 0) is 11.3 Å². The van der Waals surface area contributed by atoms with E-state index in [2.05, 4.69) is 4.98 Å². The quantitative estimate of drug-likeness (QED) is 0.762. The summed E-state index contributed by atoms with van der Waals surface area (Å²) in [4.78, 5) is 17.0. The standard InChI is InChI=1S/C12H11NO2S/c1-15-8-10-7-13-12(16-10)11(14)9-5-3-2-4-6-9/h2-7H,8H2,1H3. The molecule has 16 heavy (non-hydrogen) atoms. The van der Waals surface area contributed by atoms with E-state index in [1.54, 1.807) is 25.4 Å². The number of carbonyl (C=O) groups excluding carboxylic acids is 1. The van der Waals surface area contributed by atoms with Gasteiger partial charge in [0.05, 0.1) is 11.5 Å². The Hall–Kier alpha value is -1.52. The van der Waals surface area contributed by atoms with Gasteiger partial charge in [-0.05, 0) is 0 Å². The molecule has 0 N–H and O–H groups in total. The van der Waals surface area contributed by atoms with Crippen molar-refractivity contribution in [3.63, 3.8) is 0 Å². The lowest BCUT2D eigenvalue weighted by Crippen LogP contribution is -1.99. The summed E-state index contributed by atoms with van der Waals surface area (Å²) >= 11 is 1.37. The van der Waals surface area contributed by atoms with E-state index in [4.69, 9.17) is 4.74 Å². The van der Waals surface area contributed by atoms with Crippen molar-refractivity contribution in [3.05, 3.63) is 52.0 Å². The summed E-state index contributed by atoms with van der Waals surface area (Å²) in [7, 11) is 1.62. The van der Waals surface area contributed by atoms with E-state index in [-0.39, 0.29) is 5.78 Å². The molecule has 1 aromatic carbocycles. The first-order valence-electron chi connectivity index (χ1n) is 4.84. The van der Waals surface area contributed by atoms with Crippen LogP contribution in [0.5, 0.6) is 0 Å². The number of aromatic nitrogens is 1. The zero-order valence-corrected chi connectivity index (χ0v) is 9.66. The van der Waals surface area contributed by atoms with E-state index in [1.807, 2.05) is 18.2 Å². The van der Waals surface area contributed by atoms with Gasteiger partial charge in [-0.3, -0.25) is 4.79 Å². The summed E-state index contributed by atoms with van der Waals surface area (Å²) in [5.41, 5.74) is 0.667. The molecule has 0 unspecified atom stereocenters. The Morgan fingerprint density at radius 2 is 2.12 bits per heavy atom. The lowest BCUT2D eigenvalue weighted by atomic mass is 10.1. The average Bonchev–Trinajstić information content (AvgIpc) is 2.78. The first-order valence-corrected chi connectivity index (χ1v) is 5.66. The highest BCUT2D eigenvalue weighted by atomic mass is 32.1. The molecule has 0 aliphatic rings. The molecule has 0 saturated carbocycles. The molecule has 4 heteroatoms. The Morgan fingerprint density at radius 3 is 2.81 bits per heavy atom. The number of ketones is 1. The Kier molecular flexibility index (Phi) is 3.44. The fourth-order valence-electron chi connectivity index (χ4n) is 1.33. The number of nitrogens with zero attached hydrogens (tertiary/aromatic N) is 1. The maximum atomic E-state index is 12.0. The van der Waals surface area contributed by atoms with Crippen LogP contribution in [0.15, 0.2) is 36.5 Å². The third kappa shape index (κ3) is 2.35. The Labute approximate surface area is 97.7 Å². The molecule has 0 atom stereocenters. The Morgan fingerprint density at radius 1 is 1.38 bits per heavy atom. The van der Waals surface area contributed by atoms with Crippen LogP contribution < -0.4 is 0 Å². The van der Waals surface area contributed by atoms with Gasteiger partial charge >= 0.3 is 0 Å². The molecule has 0 radical (unpaired) electrons. The van der Waals surface area contributed by atoms with Crippen LogP contribution in [-0.4, -0.2) is 17.9 Å². The second kappa shape index (κ2) is 5.01. The summed E-state index contributed by atoms with van der Waals surface area (Å²) in [6, 6.07) is 9.16. The molecule has 0 amide bonds. The molecule has 2 rings (SSSR count). The molecule has 0 aliphatic carbocycles. The number of hydrogen-bond acceptors (Lipinski definition) is 4. The maximum Gasteiger partial charge on any atom is 0.221 e. The number of hydrogen-bond donors (Lipinski definition) is 0. The summed E-state index contributed by atoms with van der Waals surface area (Å²) in [5.74, 6) is -0.0343. The monoisotopic (exact) mass is 233 g/mol. The van der Waals surface area contributed by atoms with Gasteiger partial charge in [-0.25, -0.2) is 4.98 Å². The van der Waals surface area contributed by atoms with Gasteiger partial charge in [-0.15, -0.1) is 11.3 Å². The van der Waals surface area contributed by atoms with Crippen molar-refractivity contribution in [2.75, 3.05) is 7.11 Å². The fraction of sp³-hybridized carbons (Fsp3) is 0.167. The lowest BCUT2D eigenvalue weighted by Gasteiger charge is -1.95. The van der Waals surface area contributed by atoms with Gasteiger partial charge in [0.1, 0.15) is 0 Å². The molecular formula is C12H11NO2S. The zero-order chi connectivity index (χ0) is 11.4. The number of carbonyl (C=O) groups is 1. The lowest BCUT2D eigenvalue weighted by molar-refractivity contribution is 0.103. The number of ether oxygens (including phenoxy) is 1. The van der Waals surface area contributed by atoms with Crippen LogP contribution in [0, 0.1) is 0 Å². The van der Waals surface area contributed by atoms with Crippen LogP contribution in [0.3, 0.4) is 0 Å². The average molecular weight is 233 g/mol. The minimum absolute atomic E-state index is 0.0343. The third-order valence-corrected chi connectivity index (χ3v) is 3.04. The summed E-state index contributed by atoms with van der Waals surface area (Å²) in [5, 5.41) is 0.512. The van der Waals surface area contributed by atoms with Crippen LogP contribution in [0.1, 0.15) is 20.2 Å².